The Kier molecular flexibility index (Phi) is 6.14. The van der Waals surface area contributed by atoms with Crippen LogP contribution in [0.1, 0.15) is 25.1 Å². The van der Waals surface area contributed by atoms with Crippen LogP contribution in [0, 0.1) is 6.92 Å². The fourth-order valence-electron chi connectivity index (χ4n) is 2.59. The van der Waals surface area contributed by atoms with Gasteiger partial charge in [-0.1, -0.05) is 41.9 Å². The summed E-state index contributed by atoms with van der Waals surface area (Å²) < 4.78 is 5.85. The van der Waals surface area contributed by atoms with Gasteiger partial charge in [-0.25, -0.2) is 4.98 Å². The highest BCUT2D eigenvalue weighted by atomic mass is 35.5. The maximum atomic E-state index is 6.22. The number of ether oxygens (including phenoxy) is 1. The number of rotatable bonds is 7. The quantitative estimate of drug-likeness (QED) is 0.558. The van der Waals surface area contributed by atoms with Gasteiger partial charge in [-0.15, -0.1) is 0 Å². The van der Waals surface area contributed by atoms with Crippen LogP contribution in [0.3, 0.4) is 0 Å². The molecule has 2 N–H and O–H groups in total. The lowest BCUT2D eigenvalue weighted by Gasteiger charge is -2.15. The Balaban J connectivity index is 1.77. The second-order valence-corrected chi connectivity index (χ2v) is 6.86. The van der Waals surface area contributed by atoms with Crippen LogP contribution in [0.5, 0.6) is 5.75 Å². The van der Waals surface area contributed by atoms with E-state index < -0.39 is 0 Å². The smallest absolute Gasteiger partial charge is 0.229 e. The van der Waals surface area contributed by atoms with Crippen molar-refractivity contribution in [2.24, 2.45) is 0 Å². The van der Waals surface area contributed by atoms with Crippen molar-refractivity contribution in [3.8, 4) is 5.75 Å². The number of hydrogen-bond donors (Lipinski definition) is 2. The summed E-state index contributed by atoms with van der Waals surface area (Å²) in [5.41, 5.74) is 2.70. The molecule has 3 aromatic rings. The molecule has 0 aliphatic carbocycles. The van der Waals surface area contributed by atoms with E-state index in [0.717, 1.165) is 33.5 Å². The molecule has 0 spiro atoms. The van der Waals surface area contributed by atoms with Gasteiger partial charge in [0.15, 0.2) is 0 Å². The fraction of sp³-hybridized carbons (Fsp3) is 0.238. The summed E-state index contributed by atoms with van der Waals surface area (Å²) in [5, 5.41) is 7.29. The van der Waals surface area contributed by atoms with E-state index in [9.17, 15) is 0 Å². The maximum absolute atomic E-state index is 6.22. The zero-order valence-electron chi connectivity index (χ0n) is 15.7. The van der Waals surface area contributed by atoms with Crippen LogP contribution in [-0.4, -0.2) is 16.1 Å². The van der Waals surface area contributed by atoms with Gasteiger partial charge in [-0.05, 0) is 44.5 Å². The van der Waals surface area contributed by atoms with Crippen LogP contribution >= 0.6 is 11.6 Å². The van der Waals surface area contributed by atoms with Gasteiger partial charge >= 0.3 is 0 Å². The molecule has 0 aliphatic heterocycles. The minimum atomic E-state index is 0.0826. The molecule has 0 aliphatic rings. The molecule has 0 saturated heterocycles. The summed E-state index contributed by atoms with van der Waals surface area (Å²) in [6.07, 6.45) is 0.0826. The molecule has 0 amide bonds. The second-order valence-electron chi connectivity index (χ2n) is 6.45. The topological polar surface area (TPSA) is 59.1 Å². The molecular formula is C21H23ClN4O. The Labute approximate surface area is 164 Å². The Bertz CT molecular complexity index is 914. The van der Waals surface area contributed by atoms with Crippen LogP contribution in [0.2, 0.25) is 5.02 Å². The third-order valence-electron chi connectivity index (χ3n) is 3.77. The minimum absolute atomic E-state index is 0.0826. The Morgan fingerprint density at radius 2 is 1.78 bits per heavy atom. The standard InChI is InChI=1S/C21H23ClN4O/c1-14(2)27-19-11-7-6-10-18(19)25-21-24-15(3)12-20(26-21)23-13-16-8-4-5-9-17(16)22/h4-12,14H,13H2,1-3H3,(H2,23,24,25,26). The van der Waals surface area contributed by atoms with Gasteiger partial charge in [-0.2, -0.15) is 4.98 Å². The van der Waals surface area contributed by atoms with Gasteiger partial charge in [-0.3, -0.25) is 0 Å². The van der Waals surface area contributed by atoms with Crippen molar-refractivity contribution in [1.29, 1.82) is 0 Å². The lowest BCUT2D eigenvalue weighted by molar-refractivity contribution is 0.244. The first-order valence-corrected chi connectivity index (χ1v) is 9.25. The number of halogens is 1. The minimum Gasteiger partial charge on any atom is -0.489 e. The number of aryl methyl sites for hydroxylation is 1. The van der Waals surface area contributed by atoms with Crippen molar-refractivity contribution < 1.29 is 4.74 Å². The predicted molar refractivity (Wildman–Crippen MR) is 111 cm³/mol. The first kappa shape index (κ1) is 19.0. The Morgan fingerprint density at radius 1 is 1.04 bits per heavy atom. The summed E-state index contributed by atoms with van der Waals surface area (Å²) in [6, 6.07) is 17.4. The van der Waals surface area contributed by atoms with Crippen LogP contribution < -0.4 is 15.4 Å². The highest BCUT2D eigenvalue weighted by molar-refractivity contribution is 6.31. The first-order valence-electron chi connectivity index (χ1n) is 8.87. The molecule has 1 aromatic heterocycles. The number of nitrogens with zero attached hydrogens (tertiary/aromatic N) is 2. The average molecular weight is 383 g/mol. The summed E-state index contributed by atoms with van der Waals surface area (Å²) in [7, 11) is 0. The van der Waals surface area contributed by atoms with Crippen molar-refractivity contribution in [3.63, 3.8) is 0 Å². The van der Waals surface area contributed by atoms with E-state index in [1.54, 1.807) is 0 Å². The van der Waals surface area contributed by atoms with E-state index >= 15 is 0 Å². The molecular weight excluding hydrogens is 360 g/mol. The number of benzene rings is 2. The third-order valence-corrected chi connectivity index (χ3v) is 4.14. The first-order chi connectivity index (χ1) is 13.0. The average Bonchev–Trinajstić information content (AvgIpc) is 2.62. The molecule has 1 heterocycles. The summed E-state index contributed by atoms with van der Waals surface area (Å²) in [6.45, 7) is 6.51. The number of nitrogens with one attached hydrogen (secondary N) is 2. The van der Waals surface area contributed by atoms with Crippen LogP contribution in [-0.2, 0) is 6.54 Å². The molecule has 0 fully saturated rings. The fourth-order valence-corrected chi connectivity index (χ4v) is 2.79. The zero-order valence-corrected chi connectivity index (χ0v) is 16.4. The molecule has 27 heavy (non-hydrogen) atoms. The van der Waals surface area contributed by atoms with Crippen molar-refractivity contribution >= 4 is 29.1 Å². The van der Waals surface area contributed by atoms with Crippen LogP contribution in [0.15, 0.2) is 54.6 Å². The van der Waals surface area contributed by atoms with Gasteiger partial charge in [0.05, 0.1) is 11.8 Å². The van der Waals surface area contributed by atoms with E-state index in [4.69, 9.17) is 16.3 Å². The zero-order chi connectivity index (χ0) is 19.2. The van der Waals surface area contributed by atoms with Crippen molar-refractivity contribution in [3.05, 3.63) is 70.9 Å². The largest absolute Gasteiger partial charge is 0.489 e. The maximum Gasteiger partial charge on any atom is 0.229 e. The lowest BCUT2D eigenvalue weighted by atomic mass is 10.2. The molecule has 140 valence electrons. The summed E-state index contributed by atoms with van der Waals surface area (Å²) in [5.74, 6) is 2.01. The molecule has 0 atom stereocenters. The Morgan fingerprint density at radius 3 is 2.56 bits per heavy atom. The number of anilines is 3. The van der Waals surface area contributed by atoms with E-state index in [1.165, 1.54) is 0 Å². The summed E-state index contributed by atoms with van der Waals surface area (Å²) in [4.78, 5) is 9.04. The normalized spacial score (nSPS) is 10.7. The van der Waals surface area contributed by atoms with Gasteiger partial charge in [0, 0.05) is 23.3 Å². The predicted octanol–water partition coefficient (Wildman–Crippen LogP) is 5.58. The lowest BCUT2D eigenvalue weighted by Crippen LogP contribution is -2.09. The highest BCUT2D eigenvalue weighted by Gasteiger charge is 2.09. The molecule has 6 heteroatoms. The SMILES string of the molecule is Cc1cc(NCc2ccccc2Cl)nc(Nc2ccccc2OC(C)C)n1. The van der Waals surface area contributed by atoms with Crippen LogP contribution in [0.25, 0.3) is 0 Å². The van der Waals surface area contributed by atoms with Gasteiger partial charge in [0.25, 0.3) is 0 Å². The van der Waals surface area contributed by atoms with E-state index in [-0.39, 0.29) is 6.10 Å². The van der Waals surface area contributed by atoms with Gasteiger partial charge < -0.3 is 15.4 Å². The monoisotopic (exact) mass is 382 g/mol. The molecule has 0 saturated carbocycles. The van der Waals surface area contributed by atoms with Crippen molar-refractivity contribution in [2.75, 3.05) is 10.6 Å². The molecule has 5 nitrogen and oxygen atoms in total. The van der Waals surface area contributed by atoms with E-state index in [2.05, 4.69) is 20.6 Å². The van der Waals surface area contributed by atoms with Crippen molar-refractivity contribution in [2.45, 2.75) is 33.4 Å². The molecule has 2 aromatic carbocycles. The number of para-hydroxylation sites is 2. The Hall–Kier alpha value is -2.79. The second kappa shape index (κ2) is 8.73. The van der Waals surface area contributed by atoms with E-state index in [0.29, 0.717) is 12.5 Å². The number of hydrogen-bond acceptors (Lipinski definition) is 5. The molecule has 0 unspecified atom stereocenters. The molecule has 3 rings (SSSR count). The van der Waals surface area contributed by atoms with E-state index in [1.807, 2.05) is 75.4 Å². The third kappa shape index (κ3) is 5.34. The highest BCUT2D eigenvalue weighted by Crippen LogP contribution is 2.27. The van der Waals surface area contributed by atoms with Gasteiger partial charge in [0.1, 0.15) is 11.6 Å². The van der Waals surface area contributed by atoms with Crippen LogP contribution in [0.4, 0.5) is 17.5 Å². The van der Waals surface area contributed by atoms with Gasteiger partial charge in [0.2, 0.25) is 5.95 Å². The molecule has 0 bridgehead atoms. The van der Waals surface area contributed by atoms with Crippen molar-refractivity contribution in [1.82, 2.24) is 9.97 Å². The number of aromatic nitrogens is 2. The molecule has 0 radical (unpaired) electrons. The summed E-state index contributed by atoms with van der Waals surface area (Å²) >= 11 is 6.22.